The van der Waals surface area contributed by atoms with Gasteiger partial charge in [0.2, 0.25) is 0 Å². The summed E-state index contributed by atoms with van der Waals surface area (Å²) >= 11 is 0. The number of carboxylic acid groups (broad SMARTS) is 1. The zero-order valence-corrected chi connectivity index (χ0v) is 20.7. The number of likely N-dealkylation sites (tertiary alicyclic amines) is 1. The molecule has 5 rings (SSSR count). The number of rotatable bonds is 9. The second-order valence-corrected chi connectivity index (χ2v) is 10.0. The van der Waals surface area contributed by atoms with Crippen LogP contribution in [-0.2, 0) is 24.7 Å². The second-order valence-electron chi connectivity index (χ2n) is 10.0. The van der Waals surface area contributed by atoms with Crippen LogP contribution in [0.2, 0.25) is 0 Å². The van der Waals surface area contributed by atoms with Crippen LogP contribution >= 0.6 is 0 Å². The highest BCUT2D eigenvalue weighted by Gasteiger charge is 2.26. The number of hydrogen-bond donors (Lipinski definition) is 3. The molecule has 2 aliphatic rings. The largest absolute Gasteiger partial charge is 0.480 e. The third kappa shape index (κ3) is 5.51. The van der Waals surface area contributed by atoms with Crippen molar-refractivity contribution in [3.63, 3.8) is 0 Å². The normalized spacial score (nSPS) is 18.5. The highest BCUT2D eigenvalue weighted by atomic mass is 16.4. The summed E-state index contributed by atoms with van der Waals surface area (Å²) in [6.07, 6.45) is 7.53. The summed E-state index contributed by atoms with van der Waals surface area (Å²) in [7, 11) is 1.81. The first-order valence-corrected chi connectivity index (χ1v) is 12.9. The van der Waals surface area contributed by atoms with Crippen molar-refractivity contribution in [1.29, 1.82) is 0 Å². The first-order valence-electron chi connectivity index (χ1n) is 12.9. The SMILES string of the molecule is Cn1ncc2ccc(C(=O)N[C@@H](CCN3CC[C@@H](CCc4ccc5c(n4)NCCC5)C3)C(=O)O)cc21. The van der Waals surface area contributed by atoms with Crippen LogP contribution in [0.5, 0.6) is 0 Å². The van der Waals surface area contributed by atoms with Gasteiger partial charge in [0.25, 0.3) is 5.91 Å². The lowest BCUT2D eigenvalue weighted by molar-refractivity contribution is -0.139. The number of carboxylic acids is 1. The van der Waals surface area contributed by atoms with Crippen molar-refractivity contribution in [2.75, 3.05) is 31.5 Å². The summed E-state index contributed by atoms with van der Waals surface area (Å²) in [5.41, 5.74) is 3.72. The Balaban J connectivity index is 1.10. The maximum absolute atomic E-state index is 12.8. The van der Waals surface area contributed by atoms with E-state index in [4.69, 9.17) is 4.98 Å². The van der Waals surface area contributed by atoms with E-state index in [0.717, 1.165) is 67.7 Å². The highest BCUT2D eigenvalue weighted by molar-refractivity contribution is 5.99. The maximum atomic E-state index is 12.8. The standard InChI is InChI=1S/C27H34N6O3/c1-32-24-15-20(5-6-21(24)16-29-32)26(34)31-23(27(35)36)11-14-33-13-10-18(17-33)4-8-22-9-7-19-3-2-12-28-25(19)30-22/h5-7,9,15-16,18,23H,2-4,8,10-14,17H2,1H3,(H,28,30)(H,31,34)(H,35,36)/t18-,23+/m1/s1. The number of hydrogen-bond acceptors (Lipinski definition) is 6. The molecule has 9 nitrogen and oxygen atoms in total. The molecule has 0 saturated carbocycles. The second kappa shape index (κ2) is 10.7. The quantitative estimate of drug-likeness (QED) is 0.423. The summed E-state index contributed by atoms with van der Waals surface area (Å²) in [4.78, 5) is 31.8. The Kier molecular flexibility index (Phi) is 7.18. The molecule has 1 saturated heterocycles. The third-order valence-corrected chi connectivity index (χ3v) is 7.48. The van der Waals surface area contributed by atoms with Crippen LogP contribution in [0.15, 0.2) is 36.5 Å². The van der Waals surface area contributed by atoms with Crippen molar-refractivity contribution in [3.8, 4) is 0 Å². The molecule has 0 spiro atoms. The number of aryl methyl sites for hydroxylation is 3. The number of aliphatic carboxylic acids is 1. The van der Waals surface area contributed by atoms with Crippen molar-refractivity contribution in [3.05, 3.63) is 53.3 Å². The lowest BCUT2D eigenvalue weighted by Gasteiger charge is -2.20. The van der Waals surface area contributed by atoms with Crippen LogP contribution in [0, 0.1) is 5.92 Å². The first kappa shape index (κ1) is 24.2. The molecule has 1 fully saturated rings. The van der Waals surface area contributed by atoms with Crippen LogP contribution in [0.3, 0.4) is 0 Å². The molecule has 4 heterocycles. The fourth-order valence-corrected chi connectivity index (χ4v) is 5.31. The third-order valence-electron chi connectivity index (χ3n) is 7.48. The number of benzene rings is 1. The summed E-state index contributed by atoms with van der Waals surface area (Å²) in [5, 5.41) is 21.0. The van der Waals surface area contributed by atoms with E-state index < -0.39 is 12.0 Å². The Labute approximate surface area is 210 Å². The minimum atomic E-state index is -1.01. The first-order chi connectivity index (χ1) is 17.5. The molecule has 1 aromatic carbocycles. The zero-order chi connectivity index (χ0) is 25.1. The fraction of sp³-hybridized carbons (Fsp3) is 0.481. The highest BCUT2D eigenvalue weighted by Crippen LogP contribution is 2.24. The molecule has 2 aromatic heterocycles. The van der Waals surface area contributed by atoms with E-state index in [-0.39, 0.29) is 5.91 Å². The number of anilines is 1. The number of carbonyl (C=O) groups is 2. The van der Waals surface area contributed by atoms with Gasteiger partial charge in [0, 0.05) is 43.3 Å². The average Bonchev–Trinajstić information content (AvgIpc) is 3.50. The Hall–Kier alpha value is -3.46. The Morgan fingerprint density at radius 1 is 1.28 bits per heavy atom. The molecule has 0 unspecified atom stereocenters. The molecule has 2 aliphatic heterocycles. The van der Waals surface area contributed by atoms with Crippen molar-refractivity contribution >= 4 is 28.6 Å². The maximum Gasteiger partial charge on any atom is 0.326 e. The smallest absolute Gasteiger partial charge is 0.326 e. The van der Waals surface area contributed by atoms with Crippen molar-refractivity contribution in [1.82, 2.24) is 25.0 Å². The number of pyridine rings is 1. The van der Waals surface area contributed by atoms with Gasteiger partial charge in [-0.05, 0) is 74.8 Å². The van der Waals surface area contributed by atoms with Crippen molar-refractivity contribution in [2.45, 2.75) is 44.6 Å². The lowest BCUT2D eigenvalue weighted by Crippen LogP contribution is -2.43. The fourth-order valence-electron chi connectivity index (χ4n) is 5.31. The van der Waals surface area contributed by atoms with Gasteiger partial charge in [-0.1, -0.05) is 12.1 Å². The minimum absolute atomic E-state index is 0.375. The molecule has 36 heavy (non-hydrogen) atoms. The lowest BCUT2D eigenvalue weighted by atomic mass is 10.00. The summed E-state index contributed by atoms with van der Waals surface area (Å²) in [5.74, 6) is 0.248. The van der Waals surface area contributed by atoms with Gasteiger partial charge in [0.05, 0.1) is 11.7 Å². The molecular formula is C27H34N6O3. The molecule has 1 amide bonds. The van der Waals surface area contributed by atoms with E-state index in [1.165, 1.54) is 12.0 Å². The van der Waals surface area contributed by atoms with Crippen LogP contribution in [-0.4, -0.2) is 68.9 Å². The van der Waals surface area contributed by atoms with E-state index in [9.17, 15) is 14.7 Å². The number of nitrogens with zero attached hydrogens (tertiary/aromatic N) is 4. The monoisotopic (exact) mass is 490 g/mol. The molecule has 0 bridgehead atoms. The van der Waals surface area contributed by atoms with Gasteiger partial charge in [0.15, 0.2) is 0 Å². The summed E-state index contributed by atoms with van der Waals surface area (Å²) in [6.45, 7) is 3.57. The minimum Gasteiger partial charge on any atom is -0.480 e. The average molecular weight is 491 g/mol. The van der Waals surface area contributed by atoms with Gasteiger partial charge in [-0.15, -0.1) is 0 Å². The van der Waals surface area contributed by atoms with E-state index in [1.54, 1.807) is 23.0 Å². The number of nitrogens with one attached hydrogen (secondary N) is 2. The van der Waals surface area contributed by atoms with E-state index >= 15 is 0 Å². The number of aromatic nitrogens is 3. The number of amides is 1. The predicted molar refractivity (Wildman–Crippen MR) is 138 cm³/mol. The van der Waals surface area contributed by atoms with Crippen LogP contribution in [0.25, 0.3) is 10.9 Å². The van der Waals surface area contributed by atoms with Gasteiger partial charge in [-0.25, -0.2) is 9.78 Å². The molecule has 3 N–H and O–H groups in total. The van der Waals surface area contributed by atoms with Crippen LogP contribution < -0.4 is 10.6 Å². The number of fused-ring (bicyclic) bond motifs is 2. The molecule has 2 atom stereocenters. The van der Waals surface area contributed by atoms with Gasteiger partial charge in [0.1, 0.15) is 11.9 Å². The van der Waals surface area contributed by atoms with Gasteiger partial charge in [-0.2, -0.15) is 5.10 Å². The predicted octanol–water partition coefficient (Wildman–Crippen LogP) is 2.85. The molecule has 9 heteroatoms. The molecule has 0 aliphatic carbocycles. The number of carbonyl (C=O) groups excluding carboxylic acids is 1. The molecular weight excluding hydrogens is 456 g/mol. The summed E-state index contributed by atoms with van der Waals surface area (Å²) in [6, 6.07) is 8.72. The van der Waals surface area contributed by atoms with Crippen molar-refractivity contribution < 1.29 is 14.7 Å². The van der Waals surface area contributed by atoms with Gasteiger partial charge >= 0.3 is 5.97 Å². The Bertz CT molecular complexity index is 1260. The van der Waals surface area contributed by atoms with E-state index in [2.05, 4.69) is 32.8 Å². The summed E-state index contributed by atoms with van der Waals surface area (Å²) < 4.78 is 1.70. The topological polar surface area (TPSA) is 112 Å². The van der Waals surface area contributed by atoms with E-state index in [1.807, 2.05) is 13.1 Å². The van der Waals surface area contributed by atoms with Gasteiger partial charge in [-0.3, -0.25) is 9.48 Å². The van der Waals surface area contributed by atoms with Crippen LogP contribution in [0.4, 0.5) is 5.82 Å². The Morgan fingerprint density at radius 2 is 2.17 bits per heavy atom. The van der Waals surface area contributed by atoms with E-state index in [0.29, 0.717) is 24.4 Å². The van der Waals surface area contributed by atoms with Crippen LogP contribution in [0.1, 0.15) is 47.3 Å². The Morgan fingerprint density at radius 3 is 3.03 bits per heavy atom. The molecule has 3 aromatic rings. The van der Waals surface area contributed by atoms with Crippen molar-refractivity contribution in [2.24, 2.45) is 13.0 Å². The molecule has 0 radical (unpaired) electrons. The molecule has 190 valence electrons. The zero-order valence-electron chi connectivity index (χ0n) is 20.7. The van der Waals surface area contributed by atoms with Gasteiger partial charge < -0.3 is 20.6 Å².